The molecule has 0 bridgehead atoms. The Bertz CT molecular complexity index is 350. The van der Waals surface area contributed by atoms with Crippen molar-refractivity contribution in [2.45, 2.75) is 41.0 Å². The number of urea groups is 1. The Balaban J connectivity index is 2.22. The molecule has 1 saturated heterocycles. The minimum absolute atomic E-state index is 0.00664. The Morgan fingerprint density at radius 1 is 1.10 bits per heavy atom. The lowest BCUT2D eigenvalue weighted by molar-refractivity contribution is -0.128. The van der Waals surface area contributed by atoms with E-state index in [0.717, 1.165) is 19.5 Å². The molecule has 20 heavy (non-hydrogen) atoms. The van der Waals surface area contributed by atoms with E-state index < -0.39 is 0 Å². The maximum Gasteiger partial charge on any atom is 0.317 e. The van der Waals surface area contributed by atoms with Crippen LogP contribution in [-0.2, 0) is 4.79 Å². The lowest BCUT2D eigenvalue weighted by atomic mass is 9.89. The highest BCUT2D eigenvalue weighted by Crippen LogP contribution is 2.22. The molecule has 0 spiro atoms. The lowest BCUT2D eigenvalue weighted by Gasteiger charge is -2.35. The van der Waals surface area contributed by atoms with Crippen LogP contribution in [0.25, 0.3) is 0 Å². The predicted molar refractivity (Wildman–Crippen MR) is 80.4 cm³/mol. The molecule has 0 aliphatic carbocycles. The fourth-order valence-corrected chi connectivity index (χ4v) is 2.17. The largest absolute Gasteiger partial charge is 0.354 e. The number of carbonyl (C=O) groups is 2. The molecule has 1 heterocycles. The Morgan fingerprint density at radius 2 is 1.70 bits per heavy atom. The van der Waals surface area contributed by atoms with Gasteiger partial charge in [-0.3, -0.25) is 4.79 Å². The third-order valence-corrected chi connectivity index (χ3v) is 3.99. The molecule has 116 valence electrons. The lowest BCUT2D eigenvalue weighted by Crippen LogP contribution is -2.48. The highest BCUT2D eigenvalue weighted by atomic mass is 16.2. The molecule has 2 N–H and O–H groups in total. The van der Waals surface area contributed by atoms with Gasteiger partial charge in [-0.1, -0.05) is 34.6 Å². The summed E-state index contributed by atoms with van der Waals surface area (Å²) in [5, 5.41) is 5.69. The number of amides is 3. The number of carbonyl (C=O) groups excluding carboxylic acids is 2. The minimum Gasteiger partial charge on any atom is -0.354 e. The van der Waals surface area contributed by atoms with Crippen LogP contribution in [0.5, 0.6) is 0 Å². The van der Waals surface area contributed by atoms with E-state index in [9.17, 15) is 9.59 Å². The molecule has 5 heteroatoms. The third kappa shape index (κ3) is 5.02. The first kappa shape index (κ1) is 16.8. The summed E-state index contributed by atoms with van der Waals surface area (Å²) in [6.45, 7) is 12.6. The van der Waals surface area contributed by atoms with Crippen molar-refractivity contribution in [3.05, 3.63) is 0 Å². The smallest absolute Gasteiger partial charge is 0.317 e. The summed E-state index contributed by atoms with van der Waals surface area (Å²) in [7, 11) is 0. The zero-order chi connectivity index (χ0) is 15.3. The number of nitrogens with one attached hydrogen (secondary N) is 2. The average Bonchev–Trinajstić information content (AvgIpc) is 2.36. The first-order valence-corrected chi connectivity index (χ1v) is 7.53. The minimum atomic E-state index is -0.386. The van der Waals surface area contributed by atoms with Crippen molar-refractivity contribution in [2.75, 3.05) is 26.2 Å². The summed E-state index contributed by atoms with van der Waals surface area (Å²) in [6.07, 6.45) is 1.06. The van der Waals surface area contributed by atoms with Gasteiger partial charge < -0.3 is 15.5 Å². The normalized spacial score (nSPS) is 23.4. The van der Waals surface area contributed by atoms with Crippen molar-refractivity contribution >= 4 is 11.9 Å². The van der Waals surface area contributed by atoms with Gasteiger partial charge in [0.15, 0.2) is 0 Å². The van der Waals surface area contributed by atoms with Crippen LogP contribution in [0.2, 0.25) is 0 Å². The van der Waals surface area contributed by atoms with E-state index >= 15 is 0 Å². The molecule has 1 rings (SSSR count). The topological polar surface area (TPSA) is 61.4 Å². The van der Waals surface area contributed by atoms with Crippen LogP contribution < -0.4 is 10.6 Å². The Morgan fingerprint density at radius 3 is 2.25 bits per heavy atom. The Kier molecular flexibility index (Phi) is 5.84. The van der Waals surface area contributed by atoms with Gasteiger partial charge in [-0.2, -0.15) is 0 Å². The SMILES string of the molecule is CC1CCN(C(=O)NCCNC(=O)C(C)(C)C)CC1C. The van der Waals surface area contributed by atoms with Crippen LogP contribution in [0.4, 0.5) is 4.79 Å². The van der Waals surface area contributed by atoms with E-state index in [1.165, 1.54) is 0 Å². The van der Waals surface area contributed by atoms with Crippen molar-refractivity contribution in [1.29, 1.82) is 0 Å². The number of rotatable bonds is 3. The molecular formula is C15H29N3O2. The van der Waals surface area contributed by atoms with Gasteiger partial charge in [0.05, 0.1) is 0 Å². The summed E-state index contributed by atoms with van der Waals surface area (Å²) >= 11 is 0. The maximum absolute atomic E-state index is 12.0. The summed E-state index contributed by atoms with van der Waals surface area (Å²) in [5.41, 5.74) is -0.386. The second kappa shape index (κ2) is 6.95. The van der Waals surface area contributed by atoms with Crippen molar-refractivity contribution < 1.29 is 9.59 Å². The first-order chi connectivity index (χ1) is 9.21. The number of hydrogen-bond acceptors (Lipinski definition) is 2. The molecule has 5 nitrogen and oxygen atoms in total. The predicted octanol–water partition coefficient (Wildman–Crippen LogP) is 1.84. The quantitative estimate of drug-likeness (QED) is 0.776. The molecule has 1 aliphatic heterocycles. The molecule has 3 amide bonds. The van der Waals surface area contributed by atoms with Crippen LogP contribution in [0.1, 0.15) is 41.0 Å². The van der Waals surface area contributed by atoms with Crippen molar-refractivity contribution in [2.24, 2.45) is 17.3 Å². The number of piperidine rings is 1. The molecule has 1 aliphatic rings. The van der Waals surface area contributed by atoms with Crippen LogP contribution in [-0.4, -0.2) is 43.0 Å². The molecule has 2 unspecified atom stereocenters. The summed E-state index contributed by atoms with van der Waals surface area (Å²) < 4.78 is 0. The molecule has 0 aromatic carbocycles. The van der Waals surface area contributed by atoms with Crippen LogP contribution in [0, 0.1) is 17.3 Å². The van der Waals surface area contributed by atoms with Gasteiger partial charge in [-0.25, -0.2) is 4.79 Å². The maximum atomic E-state index is 12.0. The molecular weight excluding hydrogens is 254 g/mol. The number of nitrogens with zero attached hydrogens (tertiary/aromatic N) is 1. The standard InChI is InChI=1S/C15H29N3O2/c1-11-6-9-18(10-12(11)2)14(20)17-8-7-16-13(19)15(3,4)5/h11-12H,6-10H2,1-5H3,(H,16,19)(H,17,20). The fourth-order valence-electron chi connectivity index (χ4n) is 2.17. The Labute approximate surface area is 122 Å². The van der Waals surface area contributed by atoms with E-state index in [2.05, 4.69) is 24.5 Å². The Hall–Kier alpha value is -1.26. The van der Waals surface area contributed by atoms with Gasteiger partial charge in [-0.15, -0.1) is 0 Å². The van der Waals surface area contributed by atoms with E-state index in [-0.39, 0.29) is 17.4 Å². The molecule has 1 fully saturated rings. The second-order valence-corrected chi connectivity index (χ2v) is 6.93. The van der Waals surface area contributed by atoms with Crippen molar-refractivity contribution in [3.8, 4) is 0 Å². The number of hydrogen-bond donors (Lipinski definition) is 2. The average molecular weight is 283 g/mol. The van der Waals surface area contributed by atoms with Crippen LogP contribution >= 0.6 is 0 Å². The van der Waals surface area contributed by atoms with Gasteiger partial charge in [0.2, 0.25) is 5.91 Å². The van der Waals surface area contributed by atoms with E-state index in [1.807, 2.05) is 25.7 Å². The van der Waals surface area contributed by atoms with E-state index in [1.54, 1.807) is 0 Å². The second-order valence-electron chi connectivity index (χ2n) is 6.93. The van der Waals surface area contributed by atoms with Crippen molar-refractivity contribution in [1.82, 2.24) is 15.5 Å². The molecule has 2 atom stereocenters. The van der Waals surface area contributed by atoms with Gasteiger partial charge in [-0.05, 0) is 18.3 Å². The zero-order valence-electron chi connectivity index (χ0n) is 13.5. The fraction of sp³-hybridized carbons (Fsp3) is 0.867. The van der Waals surface area contributed by atoms with Gasteiger partial charge in [0.1, 0.15) is 0 Å². The number of likely N-dealkylation sites (tertiary alicyclic amines) is 1. The zero-order valence-corrected chi connectivity index (χ0v) is 13.5. The summed E-state index contributed by atoms with van der Waals surface area (Å²) in [5.74, 6) is 1.24. The van der Waals surface area contributed by atoms with Crippen LogP contribution in [0.3, 0.4) is 0 Å². The molecule has 0 aromatic heterocycles. The van der Waals surface area contributed by atoms with Gasteiger partial charge in [0, 0.05) is 31.6 Å². The summed E-state index contributed by atoms with van der Waals surface area (Å²) in [4.78, 5) is 25.5. The first-order valence-electron chi connectivity index (χ1n) is 7.53. The van der Waals surface area contributed by atoms with E-state index in [4.69, 9.17) is 0 Å². The molecule has 0 aromatic rings. The molecule has 0 radical (unpaired) electrons. The van der Waals surface area contributed by atoms with Gasteiger partial charge in [0.25, 0.3) is 0 Å². The highest BCUT2D eigenvalue weighted by Gasteiger charge is 2.25. The van der Waals surface area contributed by atoms with E-state index in [0.29, 0.717) is 24.9 Å². The molecule has 0 saturated carbocycles. The summed E-state index contributed by atoms with van der Waals surface area (Å²) in [6, 6.07) is -0.0197. The highest BCUT2D eigenvalue weighted by molar-refractivity contribution is 5.81. The third-order valence-electron chi connectivity index (χ3n) is 3.99. The van der Waals surface area contributed by atoms with Gasteiger partial charge >= 0.3 is 6.03 Å². The monoisotopic (exact) mass is 283 g/mol. The van der Waals surface area contributed by atoms with Crippen molar-refractivity contribution in [3.63, 3.8) is 0 Å². The van der Waals surface area contributed by atoms with Crippen LogP contribution in [0.15, 0.2) is 0 Å².